The van der Waals surface area contributed by atoms with Gasteiger partial charge in [0.05, 0.1) is 12.4 Å². The largest absolute Gasteiger partial charge is 0.383 e. The van der Waals surface area contributed by atoms with Gasteiger partial charge in [-0.05, 0) is 32.8 Å². The van der Waals surface area contributed by atoms with Crippen molar-refractivity contribution in [3.8, 4) is 0 Å². The second-order valence-electron chi connectivity index (χ2n) is 6.32. The first-order valence-corrected chi connectivity index (χ1v) is 9.22. The number of carbonyl (C=O) groups is 1. The minimum absolute atomic E-state index is 0.132. The number of ketones is 1. The standard InChI is InChI=1S/C17H24N4O2S/c1-11-9-14(12(2)21(11)7-8-23-4)15(22)10-24-17-19-18-16(20(17)3)13-5-6-13/h9,13H,5-8,10H2,1-4H3. The molecule has 0 spiro atoms. The molecule has 130 valence electrons. The van der Waals surface area contributed by atoms with Crippen molar-refractivity contribution in [3.63, 3.8) is 0 Å². The molecule has 0 radical (unpaired) electrons. The molecule has 0 N–H and O–H groups in total. The normalized spacial score (nSPS) is 14.3. The van der Waals surface area contributed by atoms with E-state index in [1.807, 2.05) is 31.5 Å². The summed E-state index contributed by atoms with van der Waals surface area (Å²) in [4.78, 5) is 12.6. The molecule has 2 aromatic rings. The summed E-state index contributed by atoms with van der Waals surface area (Å²) in [5.41, 5.74) is 2.89. The van der Waals surface area contributed by atoms with Crippen LogP contribution in [0.5, 0.6) is 0 Å². The van der Waals surface area contributed by atoms with Crippen molar-refractivity contribution < 1.29 is 9.53 Å². The van der Waals surface area contributed by atoms with Crippen LogP contribution in [-0.2, 0) is 18.3 Å². The molecule has 0 aliphatic heterocycles. The summed E-state index contributed by atoms with van der Waals surface area (Å²) in [7, 11) is 3.67. The highest BCUT2D eigenvalue weighted by atomic mass is 32.2. The fourth-order valence-corrected chi connectivity index (χ4v) is 3.77. The molecule has 0 aromatic carbocycles. The Bertz CT molecular complexity index is 746. The van der Waals surface area contributed by atoms with E-state index in [0.29, 0.717) is 18.3 Å². The van der Waals surface area contributed by atoms with E-state index in [-0.39, 0.29) is 5.78 Å². The molecule has 0 unspecified atom stereocenters. The third-order valence-electron chi connectivity index (χ3n) is 4.54. The van der Waals surface area contributed by atoms with Crippen LogP contribution in [0.25, 0.3) is 0 Å². The molecule has 2 aromatic heterocycles. The van der Waals surface area contributed by atoms with Gasteiger partial charge >= 0.3 is 0 Å². The first kappa shape index (κ1) is 17.2. The maximum absolute atomic E-state index is 12.6. The molecule has 7 heteroatoms. The average Bonchev–Trinajstić information content (AvgIpc) is 3.28. The lowest BCUT2D eigenvalue weighted by Crippen LogP contribution is -2.10. The van der Waals surface area contributed by atoms with Crippen LogP contribution in [0.15, 0.2) is 11.2 Å². The summed E-state index contributed by atoms with van der Waals surface area (Å²) >= 11 is 1.46. The topological polar surface area (TPSA) is 61.9 Å². The van der Waals surface area contributed by atoms with E-state index in [9.17, 15) is 4.79 Å². The van der Waals surface area contributed by atoms with E-state index in [1.165, 1.54) is 24.6 Å². The summed E-state index contributed by atoms with van der Waals surface area (Å²) in [6.45, 7) is 5.43. The van der Waals surface area contributed by atoms with Gasteiger partial charge in [0, 0.05) is 43.6 Å². The number of aromatic nitrogens is 4. The summed E-state index contributed by atoms with van der Waals surface area (Å²) in [5.74, 6) is 2.12. The van der Waals surface area contributed by atoms with Gasteiger partial charge in [0.1, 0.15) is 5.82 Å². The van der Waals surface area contributed by atoms with E-state index in [1.54, 1.807) is 7.11 Å². The van der Waals surface area contributed by atoms with Crippen molar-refractivity contribution in [3.05, 3.63) is 28.8 Å². The maximum atomic E-state index is 12.6. The number of nitrogens with zero attached hydrogens (tertiary/aromatic N) is 4. The predicted molar refractivity (Wildman–Crippen MR) is 93.8 cm³/mol. The minimum atomic E-state index is 0.132. The molecule has 0 bridgehead atoms. The quantitative estimate of drug-likeness (QED) is 0.542. The van der Waals surface area contributed by atoms with Crippen molar-refractivity contribution >= 4 is 17.5 Å². The third-order valence-corrected chi connectivity index (χ3v) is 5.56. The van der Waals surface area contributed by atoms with Gasteiger partial charge in [0.2, 0.25) is 0 Å². The number of thioether (sulfide) groups is 1. The van der Waals surface area contributed by atoms with Gasteiger partial charge in [0.25, 0.3) is 0 Å². The molecular weight excluding hydrogens is 324 g/mol. The number of methoxy groups -OCH3 is 1. The van der Waals surface area contributed by atoms with Crippen LogP contribution in [0, 0.1) is 13.8 Å². The molecule has 1 saturated carbocycles. The lowest BCUT2D eigenvalue weighted by molar-refractivity contribution is 0.102. The molecule has 1 fully saturated rings. The highest BCUT2D eigenvalue weighted by Crippen LogP contribution is 2.39. The Hall–Kier alpha value is -1.60. The lowest BCUT2D eigenvalue weighted by atomic mass is 10.2. The van der Waals surface area contributed by atoms with E-state index >= 15 is 0 Å². The van der Waals surface area contributed by atoms with Gasteiger partial charge in [-0.15, -0.1) is 10.2 Å². The number of hydrogen-bond acceptors (Lipinski definition) is 5. The van der Waals surface area contributed by atoms with Crippen LogP contribution >= 0.6 is 11.8 Å². The Balaban J connectivity index is 1.67. The van der Waals surface area contributed by atoms with Gasteiger partial charge in [0.15, 0.2) is 10.9 Å². The maximum Gasteiger partial charge on any atom is 0.191 e. The highest BCUT2D eigenvalue weighted by molar-refractivity contribution is 7.99. The molecule has 6 nitrogen and oxygen atoms in total. The second-order valence-corrected chi connectivity index (χ2v) is 7.26. The zero-order valence-electron chi connectivity index (χ0n) is 14.7. The van der Waals surface area contributed by atoms with Crippen molar-refractivity contribution in [1.29, 1.82) is 0 Å². The van der Waals surface area contributed by atoms with Gasteiger partial charge < -0.3 is 13.9 Å². The van der Waals surface area contributed by atoms with Crippen LogP contribution in [0.3, 0.4) is 0 Å². The predicted octanol–water partition coefficient (Wildman–Crippen LogP) is 2.73. The Morgan fingerprint density at radius 1 is 1.38 bits per heavy atom. The first-order chi connectivity index (χ1) is 11.5. The Morgan fingerprint density at radius 3 is 2.79 bits per heavy atom. The third kappa shape index (κ3) is 3.42. The highest BCUT2D eigenvalue weighted by Gasteiger charge is 2.29. The minimum Gasteiger partial charge on any atom is -0.383 e. The lowest BCUT2D eigenvalue weighted by Gasteiger charge is -2.08. The van der Waals surface area contributed by atoms with Crippen molar-refractivity contribution in [2.45, 2.75) is 44.3 Å². The number of rotatable bonds is 8. The van der Waals surface area contributed by atoms with Crippen LogP contribution in [0.4, 0.5) is 0 Å². The van der Waals surface area contributed by atoms with E-state index in [2.05, 4.69) is 14.8 Å². The van der Waals surface area contributed by atoms with E-state index < -0.39 is 0 Å². The first-order valence-electron chi connectivity index (χ1n) is 8.24. The average molecular weight is 348 g/mol. The van der Waals surface area contributed by atoms with Crippen molar-refractivity contribution in [1.82, 2.24) is 19.3 Å². The van der Waals surface area contributed by atoms with Crippen LogP contribution in [0.1, 0.15) is 46.3 Å². The number of carbonyl (C=O) groups excluding carboxylic acids is 1. The molecule has 0 amide bonds. The number of hydrogen-bond donors (Lipinski definition) is 0. The molecule has 3 rings (SSSR count). The fourth-order valence-electron chi connectivity index (χ4n) is 2.97. The fraction of sp³-hybridized carbons (Fsp3) is 0.588. The van der Waals surface area contributed by atoms with Crippen molar-refractivity contribution in [2.75, 3.05) is 19.5 Å². The van der Waals surface area contributed by atoms with Gasteiger partial charge in [-0.25, -0.2) is 0 Å². The van der Waals surface area contributed by atoms with Gasteiger partial charge in [-0.1, -0.05) is 11.8 Å². The Kier molecular flexibility index (Phi) is 5.10. The second kappa shape index (κ2) is 7.11. The van der Waals surface area contributed by atoms with Gasteiger partial charge in [-0.2, -0.15) is 0 Å². The van der Waals surface area contributed by atoms with E-state index in [0.717, 1.165) is 34.5 Å². The SMILES string of the molecule is COCCn1c(C)cc(C(=O)CSc2nnc(C3CC3)n2C)c1C. The number of aryl methyl sites for hydroxylation is 1. The van der Waals surface area contributed by atoms with Crippen LogP contribution in [-0.4, -0.2) is 44.6 Å². The molecule has 1 aliphatic rings. The van der Waals surface area contributed by atoms with Gasteiger partial charge in [-0.3, -0.25) is 4.79 Å². The molecule has 0 atom stereocenters. The Labute approximate surface area is 146 Å². The van der Waals surface area contributed by atoms with Crippen molar-refractivity contribution in [2.24, 2.45) is 7.05 Å². The molecule has 24 heavy (non-hydrogen) atoms. The summed E-state index contributed by atoms with van der Waals surface area (Å²) in [6, 6.07) is 1.97. The summed E-state index contributed by atoms with van der Waals surface area (Å²) < 4.78 is 9.30. The summed E-state index contributed by atoms with van der Waals surface area (Å²) in [6.07, 6.45) is 2.39. The zero-order valence-corrected chi connectivity index (χ0v) is 15.5. The molecule has 1 aliphatic carbocycles. The Morgan fingerprint density at radius 2 is 2.12 bits per heavy atom. The number of Topliss-reactive ketones (excluding diaryl/α,β-unsaturated/α-hetero) is 1. The molecule has 2 heterocycles. The monoisotopic (exact) mass is 348 g/mol. The molecule has 0 saturated heterocycles. The summed E-state index contributed by atoms with van der Waals surface area (Å²) in [5, 5.41) is 9.31. The van der Waals surface area contributed by atoms with Crippen LogP contribution < -0.4 is 0 Å². The zero-order chi connectivity index (χ0) is 17.3. The van der Waals surface area contributed by atoms with E-state index in [4.69, 9.17) is 4.74 Å². The number of ether oxygens (including phenoxy) is 1. The van der Waals surface area contributed by atoms with Crippen LogP contribution in [0.2, 0.25) is 0 Å². The smallest absolute Gasteiger partial charge is 0.191 e. The molecular formula is C17H24N4O2S.